The fraction of sp³-hybridized carbons (Fsp3) is 0.562. The highest BCUT2D eigenvalue weighted by Crippen LogP contribution is 2.27. The normalized spacial score (nSPS) is 20.8. The molecule has 2 aromatic rings. The van der Waals surface area contributed by atoms with Crippen LogP contribution in [0.3, 0.4) is 0 Å². The molecule has 0 aromatic carbocycles. The predicted molar refractivity (Wildman–Crippen MR) is 87.0 cm³/mol. The van der Waals surface area contributed by atoms with E-state index in [4.69, 9.17) is 5.73 Å². The first-order chi connectivity index (χ1) is 10.9. The monoisotopic (exact) mass is 317 g/mol. The molecule has 1 amide bonds. The van der Waals surface area contributed by atoms with Gasteiger partial charge < -0.3 is 10.6 Å². The molecule has 124 valence electrons. The van der Waals surface area contributed by atoms with E-state index in [-0.39, 0.29) is 29.5 Å². The van der Waals surface area contributed by atoms with Crippen molar-refractivity contribution in [2.45, 2.75) is 39.3 Å². The van der Waals surface area contributed by atoms with Crippen LogP contribution in [0.5, 0.6) is 0 Å². The van der Waals surface area contributed by atoms with E-state index in [0.29, 0.717) is 25.3 Å². The van der Waals surface area contributed by atoms with E-state index in [2.05, 4.69) is 18.9 Å². The van der Waals surface area contributed by atoms with E-state index in [1.807, 2.05) is 11.0 Å². The summed E-state index contributed by atoms with van der Waals surface area (Å²) in [6.07, 6.45) is 2.76. The van der Waals surface area contributed by atoms with E-state index in [1.54, 1.807) is 18.3 Å². The third-order valence-electron chi connectivity index (χ3n) is 4.69. The highest BCUT2D eigenvalue weighted by Gasteiger charge is 2.35. The van der Waals surface area contributed by atoms with Crippen LogP contribution in [0, 0.1) is 5.41 Å². The van der Waals surface area contributed by atoms with Crippen LogP contribution in [-0.2, 0) is 11.3 Å². The molecule has 7 nitrogen and oxygen atoms in total. The SMILES string of the molecule is CC1(C)CN(C(=O)CCn2nc3ccccn3c2=O)CCC1N. The maximum atomic E-state index is 12.4. The molecular formula is C16H23N5O2. The first-order valence-electron chi connectivity index (χ1n) is 7.96. The summed E-state index contributed by atoms with van der Waals surface area (Å²) in [4.78, 5) is 26.5. The van der Waals surface area contributed by atoms with E-state index in [0.717, 1.165) is 6.42 Å². The fourth-order valence-electron chi connectivity index (χ4n) is 3.06. The Bertz CT molecular complexity index is 776. The Hall–Kier alpha value is -2.15. The third kappa shape index (κ3) is 3.01. The van der Waals surface area contributed by atoms with Gasteiger partial charge in [-0.15, -0.1) is 5.10 Å². The quantitative estimate of drug-likeness (QED) is 0.892. The summed E-state index contributed by atoms with van der Waals surface area (Å²) in [5.74, 6) is 0.0499. The molecule has 1 unspecified atom stereocenters. The minimum Gasteiger partial charge on any atom is -0.342 e. The lowest BCUT2D eigenvalue weighted by molar-refractivity contribution is -0.134. The summed E-state index contributed by atoms with van der Waals surface area (Å²) in [6, 6.07) is 5.50. The molecule has 2 aromatic heterocycles. The van der Waals surface area contributed by atoms with Gasteiger partial charge in [0.15, 0.2) is 5.65 Å². The van der Waals surface area contributed by atoms with Gasteiger partial charge in [-0.1, -0.05) is 19.9 Å². The second-order valence-corrected chi connectivity index (χ2v) is 6.88. The van der Waals surface area contributed by atoms with E-state index in [1.165, 1.54) is 9.08 Å². The number of carbonyl (C=O) groups is 1. The molecule has 2 N–H and O–H groups in total. The average Bonchev–Trinajstić information content (AvgIpc) is 2.84. The van der Waals surface area contributed by atoms with Crippen molar-refractivity contribution in [3.05, 3.63) is 34.9 Å². The molecule has 1 saturated heterocycles. The summed E-state index contributed by atoms with van der Waals surface area (Å²) in [7, 11) is 0. The number of carbonyl (C=O) groups excluding carboxylic acids is 1. The van der Waals surface area contributed by atoms with E-state index in [9.17, 15) is 9.59 Å². The number of nitrogens with zero attached hydrogens (tertiary/aromatic N) is 4. The molecule has 7 heteroatoms. The van der Waals surface area contributed by atoms with Gasteiger partial charge in [-0.3, -0.25) is 9.20 Å². The van der Waals surface area contributed by atoms with E-state index < -0.39 is 0 Å². The average molecular weight is 317 g/mol. The van der Waals surface area contributed by atoms with Crippen molar-refractivity contribution < 1.29 is 4.79 Å². The Morgan fingerprint density at radius 2 is 2.22 bits per heavy atom. The van der Waals surface area contributed by atoms with Crippen LogP contribution in [0.1, 0.15) is 26.7 Å². The van der Waals surface area contributed by atoms with Gasteiger partial charge in [0.25, 0.3) is 0 Å². The lowest BCUT2D eigenvalue weighted by atomic mass is 9.79. The second kappa shape index (κ2) is 5.81. The van der Waals surface area contributed by atoms with Crippen molar-refractivity contribution in [3.8, 4) is 0 Å². The van der Waals surface area contributed by atoms with Gasteiger partial charge in [-0.25, -0.2) is 9.48 Å². The number of hydrogen-bond donors (Lipinski definition) is 1. The van der Waals surface area contributed by atoms with Gasteiger partial charge >= 0.3 is 5.69 Å². The molecule has 1 fully saturated rings. The summed E-state index contributed by atoms with van der Waals surface area (Å²) in [6.45, 7) is 5.81. The molecular weight excluding hydrogens is 294 g/mol. The van der Waals surface area contributed by atoms with Crippen molar-refractivity contribution in [2.75, 3.05) is 13.1 Å². The minimum atomic E-state index is -0.214. The maximum Gasteiger partial charge on any atom is 0.350 e. The molecule has 1 aliphatic rings. The van der Waals surface area contributed by atoms with Gasteiger partial charge in [0.1, 0.15) is 0 Å². The molecule has 0 radical (unpaired) electrons. The summed E-state index contributed by atoms with van der Waals surface area (Å²) in [5.41, 5.74) is 6.41. The van der Waals surface area contributed by atoms with Gasteiger partial charge in [-0.05, 0) is 24.0 Å². The number of likely N-dealkylation sites (tertiary alicyclic amines) is 1. The number of rotatable bonds is 3. The zero-order valence-corrected chi connectivity index (χ0v) is 13.6. The van der Waals surface area contributed by atoms with Crippen molar-refractivity contribution in [1.82, 2.24) is 19.1 Å². The van der Waals surface area contributed by atoms with Crippen molar-refractivity contribution in [2.24, 2.45) is 11.1 Å². The molecule has 1 aliphatic heterocycles. The van der Waals surface area contributed by atoms with Crippen molar-refractivity contribution in [1.29, 1.82) is 0 Å². The van der Waals surface area contributed by atoms with Gasteiger partial charge in [0.05, 0.1) is 6.54 Å². The zero-order chi connectivity index (χ0) is 16.6. The first-order valence-corrected chi connectivity index (χ1v) is 7.96. The highest BCUT2D eigenvalue weighted by atomic mass is 16.2. The molecule has 1 atom stereocenters. The second-order valence-electron chi connectivity index (χ2n) is 6.88. The van der Waals surface area contributed by atoms with Crippen LogP contribution in [0.15, 0.2) is 29.2 Å². The number of nitrogens with two attached hydrogens (primary N) is 1. The van der Waals surface area contributed by atoms with Crippen LogP contribution in [0.25, 0.3) is 5.65 Å². The highest BCUT2D eigenvalue weighted by molar-refractivity contribution is 5.76. The van der Waals surface area contributed by atoms with Crippen LogP contribution in [0.2, 0.25) is 0 Å². The number of hydrogen-bond acceptors (Lipinski definition) is 4. The maximum absolute atomic E-state index is 12.4. The fourth-order valence-corrected chi connectivity index (χ4v) is 3.06. The summed E-state index contributed by atoms with van der Waals surface area (Å²) in [5, 5.41) is 4.25. The van der Waals surface area contributed by atoms with Crippen LogP contribution >= 0.6 is 0 Å². The zero-order valence-electron chi connectivity index (χ0n) is 13.6. The third-order valence-corrected chi connectivity index (χ3v) is 4.69. The number of piperidine rings is 1. The number of pyridine rings is 1. The molecule has 0 aliphatic carbocycles. The van der Waals surface area contributed by atoms with Crippen LogP contribution < -0.4 is 11.4 Å². The Morgan fingerprint density at radius 1 is 1.43 bits per heavy atom. The molecule has 3 rings (SSSR count). The summed E-state index contributed by atoms with van der Waals surface area (Å²) < 4.78 is 2.83. The lowest BCUT2D eigenvalue weighted by Gasteiger charge is -2.42. The number of amides is 1. The molecule has 23 heavy (non-hydrogen) atoms. The Balaban J connectivity index is 1.67. The molecule has 0 bridgehead atoms. The largest absolute Gasteiger partial charge is 0.350 e. The topological polar surface area (TPSA) is 85.6 Å². The molecule has 0 spiro atoms. The van der Waals surface area contributed by atoms with Crippen LogP contribution in [0.4, 0.5) is 0 Å². The smallest absolute Gasteiger partial charge is 0.342 e. The Kier molecular flexibility index (Phi) is 3.97. The number of fused-ring (bicyclic) bond motifs is 1. The molecule has 0 saturated carbocycles. The first kappa shape index (κ1) is 15.7. The Labute approximate surface area is 134 Å². The van der Waals surface area contributed by atoms with Gasteiger partial charge in [-0.2, -0.15) is 0 Å². The minimum absolute atomic E-state index is 0.0499. The van der Waals surface area contributed by atoms with Gasteiger partial charge in [0, 0.05) is 31.7 Å². The molecule has 3 heterocycles. The standard InChI is InChI=1S/C16H23N5O2/c1-16(2)11-19(9-6-12(16)17)14(22)7-10-21-15(23)20-8-4-3-5-13(20)18-21/h3-5,8,12H,6-7,9-11,17H2,1-2H3. The van der Waals surface area contributed by atoms with Crippen LogP contribution in [-0.4, -0.2) is 44.1 Å². The van der Waals surface area contributed by atoms with E-state index >= 15 is 0 Å². The summed E-state index contributed by atoms with van der Waals surface area (Å²) >= 11 is 0. The lowest BCUT2D eigenvalue weighted by Crippen LogP contribution is -2.54. The Morgan fingerprint density at radius 3 is 2.91 bits per heavy atom. The number of aromatic nitrogens is 3. The van der Waals surface area contributed by atoms with Crippen molar-refractivity contribution in [3.63, 3.8) is 0 Å². The van der Waals surface area contributed by atoms with Gasteiger partial charge in [0.2, 0.25) is 5.91 Å². The number of aryl methyl sites for hydroxylation is 1. The predicted octanol–water partition coefficient (Wildman–Crippen LogP) is 0.472. The van der Waals surface area contributed by atoms with Crippen molar-refractivity contribution >= 4 is 11.6 Å².